The molecule has 0 heterocycles. The molecule has 0 amide bonds. The standard InChI is InChI=1S/C51H38/c1-50(2)42-23-13-11-17-34(42)40-28-31(25-26-44(40)50)45-36-19-7-9-21-38(36)47(39-22-10-8-20-37(39)45)48-46-32(27-30-15-5-6-16-33(30)46)29-41-35-18-12-14-24-43(35)51(3,4)49(41)48/h5-26,28-29H,27H2,1-4H3. The zero-order valence-electron chi connectivity index (χ0n) is 29.6. The van der Waals surface area contributed by atoms with Gasteiger partial charge < -0.3 is 0 Å². The molecule has 3 aliphatic rings. The van der Waals surface area contributed by atoms with Crippen molar-refractivity contribution in [3.63, 3.8) is 0 Å². The Labute approximate surface area is 300 Å². The van der Waals surface area contributed by atoms with Crippen LogP contribution in [0.3, 0.4) is 0 Å². The van der Waals surface area contributed by atoms with Crippen LogP contribution in [0, 0.1) is 0 Å². The van der Waals surface area contributed by atoms with Gasteiger partial charge in [0.1, 0.15) is 0 Å². The van der Waals surface area contributed by atoms with Crippen molar-refractivity contribution >= 4 is 21.5 Å². The predicted octanol–water partition coefficient (Wildman–Crippen LogP) is 13.5. The van der Waals surface area contributed by atoms with Crippen LogP contribution < -0.4 is 0 Å². The summed E-state index contributed by atoms with van der Waals surface area (Å²) in [5.41, 5.74) is 22.1. The number of rotatable bonds is 2. The lowest BCUT2D eigenvalue weighted by Crippen LogP contribution is -2.17. The van der Waals surface area contributed by atoms with Crippen molar-refractivity contribution in [3.05, 3.63) is 179 Å². The molecule has 0 aromatic heterocycles. The van der Waals surface area contributed by atoms with Crippen LogP contribution in [0.25, 0.3) is 77.2 Å². The van der Waals surface area contributed by atoms with Gasteiger partial charge in [-0.15, -0.1) is 0 Å². The Kier molecular flexibility index (Phi) is 5.67. The maximum atomic E-state index is 2.53. The van der Waals surface area contributed by atoms with Gasteiger partial charge in [-0.05, 0) is 129 Å². The van der Waals surface area contributed by atoms with Crippen molar-refractivity contribution in [3.8, 4) is 55.6 Å². The van der Waals surface area contributed by atoms with E-state index >= 15 is 0 Å². The number of benzene rings is 8. The van der Waals surface area contributed by atoms with Gasteiger partial charge in [-0.3, -0.25) is 0 Å². The van der Waals surface area contributed by atoms with E-state index in [9.17, 15) is 0 Å². The smallest absolute Gasteiger partial charge is 0.0165 e. The minimum Gasteiger partial charge on any atom is -0.0619 e. The van der Waals surface area contributed by atoms with Crippen molar-refractivity contribution in [2.45, 2.75) is 44.9 Å². The summed E-state index contributed by atoms with van der Waals surface area (Å²) in [7, 11) is 0. The van der Waals surface area contributed by atoms with E-state index in [0.29, 0.717) is 0 Å². The van der Waals surface area contributed by atoms with Crippen LogP contribution in [0.2, 0.25) is 0 Å². The van der Waals surface area contributed by atoms with Crippen LogP contribution in [0.15, 0.2) is 146 Å². The van der Waals surface area contributed by atoms with Gasteiger partial charge in [0.15, 0.2) is 0 Å². The highest BCUT2D eigenvalue weighted by Crippen LogP contribution is 2.60. The maximum Gasteiger partial charge on any atom is 0.0165 e. The van der Waals surface area contributed by atoms with Crippen molar-refractivity contribution in [1.29, 1.82) is 0 Å². The molecule has 8 aromatic carbocycles. The zero-order valence-corrected chi connectivity index (χ0v) is 29.6. The molecule has 0 N–H and O–H groups in total. The second-order valence-electron chi connectivity index (χ2n) is 16.0. The van der Waals surface area contributed by atoms with E-state index in [-0.39, 0.29) is 10.8 Å². The fraction of sp³-hybridized carbons (Fsp3) is 0.137. The molecule has 0 atom stereocenters. The fourth-order valence-corrected chi connectivity index (χ4v) is 10.4. The molecule has 0 bridgehead atoms. The summed E-state index contributed by atoms with van der Waals surface area (Å²) in [5.74, 6) is 0. The van der Waals surface area contributed by atoms with Gasteiger partial charge in [-0.1, -0.05) is 161 Å². The summed E-state index contributed by atoms with van der Waals surface area (Å²) in [4.78, 5) is 0. The molecule has 0 saturated carbocycles. The summed E-state index contributed by atoms with van der Waals surface area (Å²) in [6, 6.07) is 55.4. The monoisotopic (exact) mass is 650 g/mol. The van der Waals surface area contributed by atoms with E-state index in [1.165, 1.54) is 111 Å². The lowest BCUT2D eigenvalue weighted by atomic mass is 9.74. The molecule has 0 spiro atoms. The number of hydrogen-bond donors (Lipinski definition) is 0. The first kappa shape index (κ1) is 29.1. The third-order valence-electron chi connectivity index (χ3n) is 12.6. The minimum absolute atomic E-state index is 0.0206. The molecule has 0 heteroatoms. The third kappa shape index (κ3) is 3.70. The van der Waals surface area contributed by atoms with Crippen LogP contribution in [-0.4, -0.2) is 0 Å². The molecular weight excluding hydrogens is 613 g/mol. The number of fused-ring (bicyclic) bond motifs is 11. The van der Waals surface area contributed by atoms with Gasteiger partial charge in [0.2, 0.25) is 0 Å². The molecule has 3 aliphatic carbocycles. The quantitative estimate of drug-likeness (QED) is 0.163. The molecule has 11 rings (SSSR count). The third-order valence-corrected chi connectivity index (χ3v) is 12.6. The zero-order chi connectivity index (χ0) is 34.2. The molecule has 0 radical (unpaired) electrons. The SMILES string of the molecule is CC1(C)c2ccccc2-c2cc(-c3c4ccccc4c(-c4c5c(cc6c4C(C)(C)c4ccccc4-6)Cc4ccccc4-5)c4ccccc34)ccc21. The summed E-state index contributed by atoms with van der Waals surface area (Å²) >= 11 is 0. The van der Waals surface area contributed by atoms with Gasteiger partial charge in [-0.25, -0.2) is 0 Å². The Balaban J connectivity index is 1.28. The van der Waals surface area contributed by atoms with Gasteiger partial charge in [0.25, 0.3) is 0 Å². The fourth-order valence-electron chi connectivity index (χ4n) is 10.4. The Hall–Kier alpha value is -5.72. The van der Waals surface area contributed by atoms with Gasteiger partial charge in [0, 0.05) is 10.8 Å². The predicted molar refractivity (Wildman–Crippen MR) is 216 cm³/mol. The Morgan fingerprint density at radius 2 is 0.863 bits per heavy atom. The Bertz CT molecular complexity index is 2770. The maximum absolute atomic E-state index is 2.53. The molecule has 8 aromatic rings. The van der Waals surface area contributed by atoms with Crippen LogP contribution in [0.5, 0.6) is 0 Å². The highest BCUT2D eigenvalue weighted by molar-refractivity contribution is 6.24. The van der Waals surface area contributed by atoms with Crippen LogP contribution in [0.1, 0.15) is 61.1 Å². The largest absolute Gasteiger partial charge is 0.0619 e. The summed E-state index contributed by atoms with van der Waals surface area (Å²) in [6.07, 6.45) is 0.968. The van der Waals surface area contributed by atoms with E-state index < -0.39 is 0 Å². The van der Waals surface area contributed by atoms with E-state index in [1.54, 1.807) is 0 Å². The van der Waals surface area contributed by atoms with E-state index in [2.05, 4.69) is 173 Å². The lowest BCUT2D eigenvalue weighted by Gasteiger charge is -2.28. The van der Waals surface area contributed by atoms with Crippen LogP contribution in [-0.2, 0) is 17.3 Å². The first-order chi connectivity index (χ1) is 24.8. The number of hydrogen-bond acceptors (Lipinski definition) is 0. The molecule has 0 aliphatic heterocycles. The van der Waals surface area contributed by atoms with Crippen LogP contribution >= 0.6 is 0 Å². The first-order valence-electron chi connectivity index (χ1n) is 18.4. The molecule has 0 nitrogen and oxygen atoms in total. The van der Waals surface area contributed by atoms with Crippen molar-refractivity contribution in [1.82, 2.24) is 0 Å². The average Bonchev–Trinajstić information content (AvgIpc) is 3.73. The molecule has 0 fully saturated rings. The Morgan fingerprint density at radius 1 is 0.353 bits per heavy atom. The van der Waals surface area contributed by atoms with Crippen molar-refractivity contribution < 1.29 is 0 Å². The van der Waals surface area contributed by atoms with E-state index in [1.807, 2.05) is 0 Å². The lowest BCUT2D eigenvalue weighted by molar-refractivity contribution is 0.660. The molecule has 51 heavy (non-hydrogen) atoms. The normalized spacial score (nSPS) is 15.3. The summed E-state index contributed by atoms with van der Waals surface area (Å²) < 4.78 is 0. The minimum atomic E-state index is -0.158. The highest BCUT2D eigenvalue weighted by Gasteiger charge is 2.41. The van der Waals surface area contributed by atoms with Gasteiger partial charge in [0.05, 0.1) is 0 Å². The van der Waals surface area contributed by atoms with Crippen LogP contribution in [0.4, 0.5) is 0 Å². The van der Waals surface area contributed by atoms with Crippen molar-refractivity contribution in [2.75, 3.05) is 0 Å². The van der Waals surface area contributed by atoms with Gasteiger partial charge in [-0.2, -0.15) is 0 Å². The van der Waals surface area contributed by atoms with Crippen molar-refractivity contribution in [2.24, 2.45) is 0 Å². The topological polar surface area (TPSA) is 0 Å². The summed E-state index contributed by atoms with van der Waals surface area (Å²) in [6.45, 7) is 9.62. The molecule has 242 valence electrons. The molecule has 0 unspecified atom stereocenters. The second-order valence-corrected chi connectivity index (χ2v) is 16.0. The van der Waals surface area contributed by atoms with E-state index in [0.717, 1.165) is 6.42 Å². The second kappa shape index (κ2) is 9.95. The highest BCUT2D eigenvalue weighted by atomic mass is 14.4. The molecule has 0 saturated heterocycles. The first-order valence-corrected chi connectivity index (χ1v) is 18.4. The average molecular weight is 651 g/mol. The summed E-state index contributed by atoms with van der Waals surface area (Å²) in [5, 5.41) is 5.25. The Morgan fingerprint density at radius 3 is 1.53 bits per heavy atom. The van der Waals surface area contributed by atoms with Gasteiger partial charge >= 0.3 is 0 Å². The molecular formula is C51H38. The van der Waals surface area contributed by atoms with E-state index in [4.69, 9.17) is 0 Å².